The van der Waals surface area contributed by atoms with Crippen LogP contribution in [-0.2, 0) is 0 Å². The highest BCUT2D eigenvalue weighted by atomic mass is 79.9. The number of nitro benzene ring substituents is 1. The Morgan fingerprint density at radius 3 is 2.62 bits per heavy atom. The summed E-state index contributed by atoms with van der Waals surface area (Å²) in [6, 6.07) is 10.1. The van der Waals surface area contributed by atoms with Crippen LogP contribution in [-0.4, -0.2) is 4.92 Å². The molecule has 0 saturated heterocycles. The first-order valence-corrected chi connectivity index (χ1v) is 7.16. The number of hydrogen-bond donors (Lipinski definition) is 1. The fourth-order valence-electron chi connectivity index (χ4n) is 1.97. The van der Waals surface area contributed by atoms with E-state index in [9.17, 15) is 10.1 Å². The Morgan fingerprint density at radius 2 is 2.05 bits per heavy atom. The third-order valence-corrected chi connectivity index (χ3v) is 3.76. The van der Waals surface area contributed by atoms with Crippen molar-refractivity contribution in [1.82, 2.24) is 0 Å². The monoisotopic (exact) mass is 350 g/mol. The minimum atomic E-state index is -0.451. The lowest BCUT2D eigenvalue weighted by atomic mass is 10.1. The predicted octanol–water partition coefficient (Wildman–Crippen LogP) is 4.48. The summed E-state index contributed by atoms with van der Waals surface area (Å²) in [5, 5.41) is 11.1. The molecule has 110 valence electrons. The maximum atomic E-state index is 11.1. The van der Waals surface area contributed by atoms with Gasteiger partial charge in [0.15, 0.2) is 0 Å². The van der Waals surface area contributed by atoms with E-state index in [1.165, 1.54) is 6.07 Å². The van der Waals surface area contributed by atoms with Crippen LogP contribution >= 0.6 is 15.9 Å². The number of para-hydroxylation sites is 1. The summed E-state index contributed by atoms with van der Waals surface area (Å²) in [5.41, 5.74) is 7.44. The van der Waals surface area contributed by atoms with Gasteiger partial charge in [-0.2, -0.15) is 0 Å². The van der Waals surface area contributed by atoms with Crippen LogP contribution in [0.25, 0.3) is 0 Å². The zero-order valence-corrected chi connectivity index (χ0v) is 13.3. The highest BCUT2D eigenvalue weighted by Crippen LogP contribution is 2.36. The van der Waals surface area contributed by atoms with Gasteiger partial charge in [0.1, 0.15) is 5.75 Å². The molecule has 6 heteroatoms. The Balaban J connectivity index is 2.39. The van der Waals surface area contributed by atoms with Crippen molar-refractivity contribution in [3.05, 3.63) is 62.1 Å². The minimum absolute atomic E-state index is 0.0533. The Hall–Kier alpha value is -1.92. The number of nitro groups is 1. The number of nitrogens with two attached hydrogens (primary N) is 1. The van der Waals surface area contributed by atoms with Crippen LogP contribution in [0.2, 0.25) is 0 Å². The number of hydrogen-bond acceptors (Lipinski definition) is 4. The molecule has 0 aliphatic carbocycles. The summed E-state index contributed by atoms with van der Waals surface area (Å²) >= 11 is 3.43. The molecule has 2 N–H and O–H groups in total. The molecule has 0 aromatic heterocycles. The Morgan fingerprint density at radius 1 is 1.33 bits per heavy atom. The van der Waals surface area contributed by atoms with E-state index < -0.39 is 4.92 Å². The van der Waals surface area contributed by atoms with Crippen LogP contribution in [0.4, 0.5) is 5.69 Å². The topological polar surface area (TPSA) is 78.4 Å². The smallest absolute Gasteiger partial charge is 0.311 e. The molecule has 0 bridgehead atoms. The first-order chi connectivity index (χ1) is 9.90. The van der Waals surface area contributed by atoms with Crippen molar-refractivity contribution in [2.75, 3.05) is 0 Å². The van der Waals surface area contributed by atoms with E-state index in [2.05, 4.69) is 15.9 Å². The van der Waals surface area contributed by atoms with E-state index in [-0.39, 0.29) is 17.5 Å². The van der Waals surface area contributed by atoms with Crippen molar-refractivity contribution in [2.45, 2.75) is 19.9 Å². The van der Waals surface area contributed by atoms with Crippen molar-refractivity contribution in [2.24, 2.45) is 5.73 Å². The largest absolute Gasteiger partial charge is 0.450 e. The average molecular weight is 351 g/mol. The van der Waals surface area contributed by atoms with E-state index in [1.807, 2.05) is 13.0 Å². The predicted molar refractivity (Wildman–Crippen MR) is 84.7 cm³/mol. The van der Waals surface area contributed by atoms with E-state index in [1.54, 1.807) is 31.2 Å². The molecule has 0 aliphatic rings. The summed E-state index contributed by atoms with van der Waals surface area (Å²) in [6.07, 6.45) is 0. The molecular formula is C15H15BrN2O3. The fraction of sp³-hybridized carbons (Fsp3) is 0.200. The molecule has 2 aromatic carbocycles. The van der Waals surface area contributed by atoms with Crippen molar-refractivity contribution in [3.8, 4) is 11.5 Å². The van der Waals surface area contributed by atoms with Gasteiger partial charge in [-0.3, -0.25) is 10.1 Å². The van der Waals surface area contributed by atoms with Gasteiger partial charge in [-0.25, -0.2) is 0 Å². The second-order valence-corrected chi connectivity index (χ2v) is 5.61. The molecule has 0 spiro atoms. The molecule has 5 nitrogen and oxygen atoms in total. The molecule has 0 aliphatic heterocycles. The van der Waals surface area contributed by atoms with Crippen molar-refractivity contribution in [3.63, 3.8) is 0 Å². The van der Waals surface area contributed by atoms with E-state index in [4.69, 9.17) is 10.5 Å². The van der Waals surface area contributed by atoms with Gasteiger partial charge in [-0.05, 0) is 37.1 Å². The summed E-state index contributed by atoms with van der Waals surface area (Å²) in [4.78, 5) is 10.6. The number of ether oxygens (including phenoxy) is 1. The summed E-state index contributed by atoms with van der Waals surface area (Å²) in [7, 11) is 0. The van der Waals surface area contributed by atoms with Gasteiger partial charge in [0.2, 0.25) is 5.75 Å². The van der Waals surface area contributed by atoms with E-state index in [0.29, 0.717) is 11.3 Å². The van der Waals surface area contributed by atoms with Gasteiger partial charge in [-0.15, -0.1) is 0 Å². The number of nitrogens with zero attached hydrogens (tertiary/aromatic N) is 1. The summed E-state index contributed by atoms with van der Waals surface area (Å²) in [6.45, 7) is 3.65. The van der Waals surface area contributed by atoms with Gasteiger partial charge < -0.3 is 10.5 Å². The second kappa shape index (κ2) is 6.24. The number of aryl methyl sites for hydroxylation is 1. The molecule has 0 amide bonds. The van der Waals surface area contributed by atoms with Gasteiger partial charge in [-0.1, -0.05) is 34.1 Å². The zero-order chi connectivity index (χ0) is 15.6. The molecule has 0 heterocycles. The molecule has 0 fully saturated rings. The van der Waals surface area contributed by atoms with Crippen molar-refractivity contribution in [1.29, 1.82) is 0 Å². The van der Waals surface area contributed by atoms with Gasteiger partial charge in [0, 0.05) is 16.6 Å². The molecular weight excluding hydrogens is 336 g/mol. The van der Waals surface area contributed by atoms with Crippen molar-refractivity contribution >= 4 is 21.6 Å². The second-order valence-electron chi connectivity index (χ2n) is 4.75. The van der Waals surface area contributed by atoms with Crippen LogP contribution < -0.4 is 10.5 Å². The van der Waals surface area contributed by atoms with Crippen LogP contribution in [0.1, 0.15) is 24.1 Å². The van der Waals surface area contributed by atoms with E-state index in [0.717, 1.165) is 10.0 Å². The quantitative estimate of drug-likeness (QED) is 0.651. The van der Waals surface area contributed by atoms with Crippen LogP contribution in [0.3, 0.4) is 0 Å². The van der Waals surface area contributed by atoms with Gasteiger partial charge in [0.05, 0.1) is 4.92 Å². The third-order valence-electron chi connectivity index (χ3n) is 3.07. The SMILES string of the molecule is Cc1cccc([N+](=O)[O-])c1Oc1ccc([C@@H](C)N)c(Br)c1. The van der Waals surface area contributed by atoms with Crippen LogP contribution in [0, 0.1) is 17.0 Å². The molecule has 2 aromatic rings. The van der Waals surface area contributed by atoms with Gasteiger partial charge >= 0.3 is 5.69 Å². The summed E-state index contributed by atoms with van der Waals surface area (Å²) in [5.74, 6) is 0.770. The number of benzene rings is 2. The zero-order valence-electron chi connectivity index (χ0n) is 11.7. The molecule has 0 unspecified atom stereocenters. The molecule has 2 rings (SSSR count). The number of rotatable bonds is 4. The fourth-order valence-corrected chi connectivity index (χ4v) is 2.69. The minimum Gasteiger partial charge on any atom is -0.450 e. The lowest BCUT2D eigenvalue weighted by molar-refractivity contribution is -0.385. The number of halogens is 1. The van der Waals surface area contributed by atoms with Gasteiger partial charge in [0.25, 0.3) is 0 Å². The highest BCUT2D eigenvalue weighted by Gasteiger charge is 2.18. The molecule has 0 saturated carbocycles. The Bertz CT molecular complexity index is 687. The third kappa shape index (κ3) is 3.40. The Labute approximate surface area is 131 Å². The van der Waals surface area contributed by atoms with Crippen molar-refractivity contribution < 1.29 is 9.66 Å². The molecule has 0 radical (unpaired) electrons. The lowest BCUT2D eigenvalue weighted by Crippen LogP contribution is -2.05. The maximum absolute atomic E-state index is 11.1. The average Bonchev–Trinajstić information content (AvgIpc) is 2.40. The standard InChI is InChI=1S/C15H15BrN2O3/c1-9-4-3-5-14(18(19)20)15(9)21-11-6-7-12(10(2)17)13(16)8-11/h3-8,10H,17H2,1-2H3/t10-/m1/s1. The first-order valence-electron chi connectivity index (χ1n) is 6.37. The van der Waals surface area contributed by atoms with Crippen LogP contribution in [0.15, 0.2) is 40.9 Å². The maximum Gasteiger partial charge on any atom is 0.311 e. The Kier molecular flexibility index (Phi) is 4.59. The van der Waals surface area contributed by atoms with Crippen LogP contribution in [0.5, 0.6) is 11.5 Å². The lowest BCUT2D eigenvalue weighted by Gasteiger charge is -2.12. The summed E-state index contributed by atoms with van der Waals surface area (Å²) < 4.78 is 6.52. The highest BCUT2D eigenvalue weighted by molar-refractivity contribution is 9.10. The molecule has 21 heavy (non-hydrogen) atoms. The van der Waals surface area contributed by atoms with E-state index >= 15 is 0 Å². The normalized spacial score (nSPS) is 12.0. The molecule has 1 atom stereocenters. The first kappa shape index (κ1) is 15.5.